The molecule has 0 saturated carbocycles. The number of hydrogen-bond acceptors (Lipinski definition) is 2. The zero-order chi connectivity index (χ0) is 15.6. The van der Waals surface area contributed by atoms with E-state index in [1.54, 1.807) is 20.8 Å². The SMILES string of the molecule is CC(C)(C)Oc1cc(N=C(N)CCl)cc(C(F)(F)F)c1. The van der Waals surface area contributed by atoms with Crippen LogP contribution in [0, 0.1) is 0 Å². The van der Waals surface area contributed by atoms with Gasteiger partial charge >= 0.3 is 6.18 Å². The van der Waals surface area contributed by atoms with Crippen molar-refractivity contribution < 1.29 is 17.9 Å². The summed E-state index contributed by atoms with van der Waals surface area (Å²) in [5.41, 5.74) is 4.02. The first-order valence-corrected chi connectivity index (χ1v) is 6.35. The lowest BCUT2D eigenvalue weighted by atomic mass is 10.1. The number of benzene rings is 1. The zero-order valence-electron chi connectivity index (χ0n) is 11.4. The van der Waals surface area contributed by atoms with Gasteiger partial charge in [-0.15, -0.1) is 11.6 Å². The number of nitrogens with zero attached hydrogens (tertiary/aromatic N) is 1. The van der Waals surface area contributed by atoms with E-state index in [1.165, 1.54) is 6.07 Å². The van der Waals surface area contributed by atoms with Crippen molar-refractivity contribution in [2.75, 3.05) is 5.88 Å². The van der Waals surface area contributed by atoms with Crippen LogP contribution in [0.5, 0.6) is 5.75 Å². The molecular weight excluding hydrogens is 293 g/mol. The molecule has 0 aliphatic heterocycles. The minimum absolute atomic E-state index is 0.0349. The summed E-state index contributed by atoms with van der Waals surface area (Å²) in [6, 6.07) is 3.22. The van der Waals surface area contributed by atoms with Crippen molar-refractivity contribution in [3.63, 3.8) is 0 Å². The van der Waals surface area contributed by atoms with E-state index in [2.05, 4.69) is 4.99 Å². The number of halogens is 4. The Morgan fingerprint density at radius 2 is 1.85 bits per heavy atom. The van der Waals surface area contributed by atoms with Crippen LogP contribution in [-0.2, 0) is 6.18 Å². The molecule has 0 fully saturated rings. The molecule has 0 heterocycles. The first-order valence-electron chi connectivity index (χ1n) is 5.81. The van der Waals surface area contributed by atoms with Gasteiger partial charge in [0.25, 0.3) is 0 Å². The number of ether oxygens (including phenoxy) is 1. The van der Waals surface area contributed by atoms with E-state index in [-0.39, 0.29) is 23.2 Å². The summed E-state index contributed by atoms with van der Waals surface area (Å²) in [5, 5.41) is 0. The maximum absolute atomic E-state index is 12.8. The summed E-state index contributed by atoms with van der Waals surface area (Å²) in [5.74, 6) is 0.0484. The predicted octanol–water partition coefficient (Wildman–Crippen LogP) is 4.11. The van der Waals surface area contributed by atoms with Crippen molar-refractivity contribution in [3.8, 4) is 5.75 Å². The summed E-state index contributed by atoms with van der Waals surface area (Å²) in [6.45, 7) is 5.22. The van der Waals surface area contributed by atoms with Gasteiger partial charge in [-0.1, -0.05) is 0 Å². The quantitative estimate of drug-likeness (QED) is 0.519. The standard InChI is InChI=1S/C13H16ClF3N2O/c1-12(2,3)20-10-5-8(13(15,16)17)4-9(6-10)19-11(18)7-14/h4-6H,7H2,1-3H3,(H2,18,19). The molecule has 1 rings (SSSR count). The zero-order valence-corrected chi connectivity index (χ0v) is 12.1. The second-order valence-corrected chi connectivity index (χ2v) is 5.43. The van der Waals surface area contributed by atoms with Crippen LogP contribution in [0.3, 0.4) is 0 Å². The molecule has 2 N–H and O–H groups in total. The third-order valence-electron chi connectivity index (χ3n) is 2.05. The summed E-state index contributed by atoms with van der Waals surface area (Å²) < 4.78 is 44.0. The van der Waals surface area contributed by atoms with Crippen LogP contribution < -0.4 is 10.5 Å². The second kappa shape index (κ2) is 5.91. The molecule has 0 unspecified atom stereocenters. The molecule has 0 amide bonds. The van der Waals surface area contributed by atoms with E-state index >= 15 is 0 Å². The van der Waals surface area contributed by atoms with Crippen molar-refractivity contribution in [2.45, 2.75) is 32.5 Å². The molecule has 0 bridgehead atoms. The van der Waals surface area contributed by atoms with Crippen LogP contribution in [0.2, 0.25) is 0 Å². The van der Waals surface area contributed by atoms with Crippen LogP contribution in [-0.4, -0.2) is 17.3 Å². The van der Waals surface area contributed by atoms with Gasteiger partial charge in [0, 0.05) is 6.07 Å². The van der Waals surface area contributed by atoms with Crippen molar-refractivity contribution >= 4 is 23.1 Å². The molecule has 0 saturated heterocycles. The maximum atomic E-state index is 12.8. The number of hydrogen-bond donors (Lipinski definition) is 1. The van der Waals surface area contributed by atoms with E-state index in [1.807, 2.05) is 0 Å². The van der Waals surface area contributed by atoms with Gasteiger partial charge in [0.05, 0.1) is 17.1 Å². The molecule has 0 aliphatic rings. The summed E-state index contributed by atoms with van der Waals surface area (Å²) >= 11 is 5.47. The molecule has 1 aromatic rings. The highest BCUT2D eigenvalue weighted by molar-refractivity contribution is 6.28. The molecule has 0 spiro atoms. The highest BCUT2D eigenvalue weighted by Gasteiger charge is 2.32. The first-order chi connectivity index (χ1) is 9.01. The monoisotopic (exact) mass is 308 g/mol. The van der Waals surface area contributed by atoms with Gasteiger partial charge in [-0.05, 0) is 32.9 Å². The Labute approximate surface area is 120 Å². The van der Waals surface area contributed by atoms with Crippen LogP contribution in [0.25, 0.3) is 0 Å². The normalized spacial score (nSPS) is 13.4. The topological polar surface area (TPSA) is 47.6 Å². The lowest BCUT2D eigenvalue weighted by Crippen LogP contribution is -2.23. The highest BCUT2D eigenvalue weighted by Crippen LogP contribution is 2.35. The summed E-state index contributed by atoms with van der Waals surface area (Å²) in [6.07, 6.45) is -4.49. The molecule has 112 valence electrons. The number of alkyl halides is 4. The van der Waals surface area contributed by atoms with E-state index in [0.717, 1.165) is 12.1 Å². The van der Waals surface area contributed by atoms with Gasteiger partial charge in [0.2, 0.25) is 0 Å². The average molecular weight is 309 g/mol. The smallest absolute Gasteiger partial charge is 0.416 e. The minimum Gasteiger partial charge on any atom is -0.488 e. The predicted molar refractivity (Wildman–Crippen MR) is 73.8 cm³/mol. The molecule has 7 heteroatoms. The number of aliphatic imine (C=N–C) groups is 1. The lowest BCUT2D eigenvalue weighted by Gasteiger charge is -2.22. The van der Waals surface area contributed by atoms with E-state index in [4.69, 9.17) is 22.1 Å². The number of rotatable bonds is 3. The summed E-state index contributed by atoms with van der Waals surface area (Å²) in [7, 11) is 0. The van der Waals surface area contributed by atoms with Crippen LogP contribution >= 0.6 is 11.6 Å². The Bertz CT molecular complexity index is 507. The molecule has 20 heavy (non-hydrogen) atoms. The fourth-order valence-electron chi connectivity index (χ4n) is 1.42. The second-order valence-electron chi connectivity index (χ2n) is 5.16. The minimum atomic E-state index is -4.49. The molecular formula is C13H16ClF3N2O. The first kappa shape index (κ1) is 16.6. The third-order valence-corrected chi connectivity index (χ3v) is 2.33. The molecule has 0 radical (unpaired) electrons. The Balaban J connectivity index is 3.29. The average Bonchev–Trinajstić information content (AvgIpc) is 2.24. The van der Waals surface area contributed by atoms with Gasteiger partial charge in [0.1, 0.15) is 17.2 Å². The summed E-state index contributed by atoms with van der Waals surface area (Å²) in [4.78, 5) is 3.82. The van der Waals surface area contributed by atoms with Crippen molar-refractivity contribution in [1.29, 1.82) is 0 Å². The number of amidine groups is 1. The molecule has 1 aromatic carbocycles. The fourth-order valence-corrected chi connectivity index (χ4v) is 1.48. The van der Waals surface area contributed by atoms with E-state index in [9.17, 15) is 13.2 Å². The molecule has 3 nitrogen and oxygen atoms in total. The van der Waals surface area contributed by atoms with Crippen LogP contribution in [0.4, 0.5) is 18.9 Å². The van der Waals surface area contributed by atoms with Gasteiger partial charge in [0.15, 0.2) is 0 Å². The Morgan fingerprint density at radius 1 is 1.25 bits per heavy atom. The fraction of sp³-hybridized carbons (Fsp3) is 0.462. The Hall–Kier alpha value is -1.43. The van der Waals surface area contributed by atoms with Crippen molar-refractivity contribution in [2.24, 2.45) is 10.7 Å². The lowest BCUT2D eigenvalue weighted by molar-refractivity contribution is -0.137. The van der Waals surface area contributed by atoms with Crippen LogP contribution in [0.1, 0.15) is 26.3 Å². The van der Waals surface area contributed by atoms with Crippen molar-refractivity contribution in [3.05, 3.63) is 23.8 Å². The Morgan fingerprint density at radius 3 is 2.30 bits per heavy atom. The van der Waals surface area contributed by atoms with E-state index < -0.39 is 17.3 Å². The van der Waals surface area contributed by atoms with Gasteiger partial charge in [-0.3, -0.25) is 0 Å². The molecule has 0 aliphatic carbocycles. The highest BCUT2D eigenvalue weighted by atomic mass is 35.5. The number of nitrogens with two attached hydrogens (primary N) is 1. The van der Waals surface area contributed by atoms with Gasteiger partial charge in [-0.2, -0.15) is 13.2 Å². The van der Waals surface area contributed by atoms with Crippen molar-refractivity contribution in [1.82, 2.24) is 0 Å². The third kappa shape index (κ3) is 5.28. The Kier molecular flexibility index (Phi) is 4.91. The van der Waals surface area contributed by atoms with Gasteiger partial charge in [-0.25, -0.2) is 4.99 Å². The van der Waals surface area contributed by atoms with E-state index in [0.29, 0.717) is 0 Å². The largest absolute Gasteiger partial charge is 0.488 e. The van der Waals surface area contributed by atoms with Gasteiger partial charge < -0.3 is 10.5 Å². The molecule has 0 aromatic heterocycles. The maximum Gasteiger partial charge on any atom is 0.416 e. The van der Waals surface area contributed by atoms with Crippen LogP contribution in [0.15, 0.2) is 23.2 Å². The molecule has 0 atom stereocenters.